The Morgan fingerprint density at radius 1 is 1.37 bits per heavy atom. The average molecular weight is 257 g/mol. The zero-order chi connectivity index (χ0) is 13.4. The van der Waals surface area contributed by atoms with Gasteiger partial charge in [0.15, 0.2) is 0 Å². The van der Waals surface area contributed by atoms with E-state index >= 15 is 0 Å². The summed E-state index contributed by atoms with van der Waals surface area (Å²) < 4.78 is 7.21. The number of carboxylic acids is 1. The van der Waals surface area contributed by atoms with Crippen molar-refractivity contribution < 1.29 is 14.3 Å². The first-order chi connectivity index (χ1) is 9.15. The van der Waals surface area contributed by atoms with Crippen LogP contribution in [0.4, 0.5) is 0 Å². The third kappa shape index (κ3) is 1.97. The fourth-order valence-electron chi connectivity index (χ4n) is 2.09. The number of benzene rings is 1. The zero-order valence-electron chi connectivity index (χ0n) is 10.2. The summed E-state index contributed by atoms with van der Waals surface area (Å²) in [6.07, 6.45) is 1.82. The smallest absolute Gasteiger partial charge is 0.336 e. The van der Waals surface area contributed by atoms with E-state index in [1.807, 2.05) is 16.8 Å². The molecule has 0 saturated carbocycles. The summed E-state index contributed by atoms with van der Waals surface area (Å²) in [5.74, 6) is 0.0744. The van der Waals surface area contributed by atoms with E-state index in [2.05, 4.69) is 10.2 Å². The topological polar surface area (TPSA) is 81.2 Å². The normalized spacial score (nSPS) is 11.0. The van der Waals surface area contributed by atoms with Gasteiger partial charge in [0, 0.05) is 24.0 Å². The van der Waals surface area contributed by atoms with E-state index in [1.54, 1.807) is 25.1 Å². The van der Waals surface area contributed by atoms with Crippen LogP contribution in [0.5, 0.6) is 0 Å². The predicted molar refractivity (Wildman–Crippen MR) is 67.0 cm³/mol. The van der Waals surface area contributed by atoms with Crippen molar-refractivity contribution in [1.82, 2.24) is 14.8 Å². The maximum atomic E-state index is 11.1. The van der Waals surface area contributed by atoms with Crippen molar-refractivity contribution >= 4 is 16.9 Å². The highest BCUT2D eigenvalue weighted by atomic mass is 16.4. The second-order valence-corrected chi connectivity index (χ2v) is 4.20. The third-order valence-electron chi connectivity index (χ3n) is 2.92. The molecule has 0 aliphatic rings. The van der Waals surface area contributed by atoms with Gasteiger partial charge in [-0.2, -0.15) is 0 Å². The summed E-state index contributed by atoms with van der Waals surface area (Å²) >= 11 is 0. The molecule has 2 aromatic heterocycles. The first-order valence-corrected chi connectivity index (χ1v) is 5.75. The van der Waals surface area contributed by atoms with E-state index < -0.39 is 5.97 Å². The molecule has 2 heterocycles. The number of aryl methyl sites for hydroxylation is 1. The molecule has 0 amide bonds. The maximum Gasteiger partial charge on any atom is 0.336 e. The summed E-state index contributed by atoms with van der Waals surface area (Å²) in [6, 6.07) is 6.96. The Morgan fingerprint density at radius 2 is 2.21 bits per heavy atom. The van der Waals surface area contributed by atoms with Crippen LogP contribution < -0.4 is 0 Å². The van der Waals surface area contributed by atoms with Gasteiger partial charge in [0.25, 0.3) is 0 Å². The second-order valence-electron chi connectivity index (χ2n) is 4.20. The number of rotatable bonds is 3. The molecule has 6 nitrogen and oxygen atoms in total. The van der Waals surface area contributed by atoms with Crippen LogP contribution in [-0.4, -0.2) is 25.8 Å². The van der Waals surface area contributed by atoms with Crippen LogP contribution in [0, 0.1) is 6.92 Å². The van der Waals surface area contributed by atoms with E-state index in [0.717, 1.165) is 5.52 Å². The van der Waals surface area contributed by atoms with Gasteiger partial charge in [-0.3, -0.25) is 0 Å². The zero-order valence-corrected chi connectivity index (χ0v) is 10.2. The Kier molecular flexibility index (Phi) is 2.56. The highest BCUT2D eigenvalue weighted by molar-refractivity contribution is 6.02. The summed E-state index contributed by atoms with van der Waals surface area (Å²) in [7, 11) is 0. The molecule has 0 aliphatic heterocycles. The lowest BCUT2D eigenvalue weighted by Gasteiger charge is -2.02. The molecule has 0 radical (unpaired) electrons. The second kappa shape index (κ2) is 4.24. The van der Waals surface area contributed by atoms with Crippen molar-refractivity contribution in [2.24, 2.45) is 0 Å². The standard InChI is InChI=1S/C13H11N3O3/c1-8-14-15-12(19-8)7-16-6-5-9-10(13(17)18)3-2-4-11(9)16/h2-6H,7H2,1H3,(H,17,18). The molecule has 3 rings (SSSR count). The van der Waals surface area contributed by atoms with Gasteiger partial charge >= 0.3 is 5.97 Å². The first kappa shape index (κ1) is 11.5. The number of fused-ring (bicyclic) bond motifs is 1. The van der Waals surface area contributed by atoms with Crippen molar-refractivity contribution in [3.63, 3.8) is 0 Å². The monoisotopic (exact) mass is 257 g/mol. The molecule has 0 unspecified atom stereocenters. The number of nitrogens with zero attached hydrogens (tertiary/aromatic N) is 3. The highest BCUT2D eigenvalue weighted by Gasteiger charge is 2.12. The van der Waals surface area contributed by atoms with Crippen LogP contribution in [-0.2, 0) is 6.54 Å². The van der Waals surface area contributed by atoms with E-state index in [-0.39, 0.29) is 5.56 Å². The summed E-state index contributed by atoms with van der Waals surface area (Å²) in [5.41, 5.74) is 1.12. The lowest BCUT2D eigenvalue weighted by Crippen LogP contribution is -2.00. The number of aromatic nitrogens is 3. The molecular formula is C13H11N3O3. The fourth-order valence-corrected chi connectivity index (χ4v) is 2.09. The molecule has 1 aromatic carbocycles. The molecule has 6 heteroatoms. The van der Waals surface area contributed by atoms with E-state index in [0.29, 0.717) is 23.7 Å². The number of aromatic carboxylic acids is 1. The van der Waals surface area contributed by atoms with E-state index in [9.17, 15) is 4.79 Å². The van der Waals surface area contributed by atoms with Crippen LogP contribution >= 0.6 is 0 Å². The quantitative estimate of drug-likeness (QED) is 0.776. The van der Waals surface area contributed by atoms with Crippen LogP contribution in [0.15, 0.2) is 34.9 Å². The van der Waals surface area contributed by atoms with Gasteiger partial charge in [0.2, 0.25) is 11.8 Å². The Morgan fingerprint density at radius 3 is 2.89 bits per heavy atom. The van der Waals surface area contributed by atoms with E-state index in [1.165, 1.54) is 0 Å². The number of hydrogen-bond donors (Lipinski definition) is 1. The van der Waals surface area contributed by atoms with Gasteiger partial charge in [0.05, 0.1) is 5.56 Å². The Labute approximate surface area is 108 Å². The number of hydrogen-bond acceptors (Lipinski definition) is 4. The van der Waals surface area contributed by atoms with Crippen molar-refractivity contribution in [3.8, 4) is 0 Å². The summed E-state index contributed by atoms with van der Waals surface area (Å²) in [4.78, 5) is 11.1. The lowest BCUT2D eigenvalue weighted by molar-refractivity contribution is 0.0699. The van der Waals surface area contributed by atoms with Gasteiger partial charge < -0.3 is 14.1 Å². The Bertz CT molecular complexity index is 757. The SMILES string of the molecule is Cc1nnc(Cn2ccc3c(C(=O)O)cccc32)o1. The van der Waals surface area contributed by atoms with Gasteiger partial charge in [-0.05, 0) is 18.2 Å². The molecule has 1 N–H and O–H groups in total. The summed E-state index contributed by atoms with van der Waals surface area (Å²) in [6.45, 7) is 2.15. The molecule has 3 aromatic rings. The van der Waals surface area contributed by atoms with Crippen molar-refractivity contribution in [2.75, 3.05) is 0 Å². The Balaban J connectivity index is 2.06. The average Bonchev–Trinajstić information content (AvgIpc) is 2.97. The van der Waals surface area contributed by atoms with Crippen molar-refractivity contribution in [1.29, 1.82) is 0 Å². The molecule has 19 heavy (non-hydrogen) atoms. The minimum absolute atomic E-state index is 0.290. The van der Waals surface area contributed by atoms with Crippen LogP contribution in [0.25, 0.3) is 10.9 Å². The summed E-state index contributed by atoms with van der Waals surface area (Å²) in [5, 5.41) is 17.5. The Hall–Kier alpha value is -2.63. The molecule has 0 saturated heterocycles. The van der Waals surface area contributed by atoms with Gasteiger partial charge in [-0.15, -0.1) is 10.2 Å². The third-order valence-corrected chi connectivity index (χ3v) is 2.92. The maximum absolute atomic E-state index is 11.1. The number of carbonyl (C=O) groups is 1. The van der Waals surface area contributed by atoms with Crippen LogP contribution in [0.2, 0.25) is 0 Å². The fraction of sp³-hybridized carbons (Fsp3) is 0.154. The molecule has 0 spiro atoms. The molecule has 96 valence electrons. The van der Waals surface area contributed by atoms with Crippen LogP contribution in [0.3, 0.4) is 0 Å². The first-order valence-electron chi connectivity index (χ1n) is 5.75. The molecule has 0 atom stereocenters. The van der Waals surface area contributed by atoms with Gasteiger partial charge in [0.1, 0.15) is 6.54 Å². The largest absolute Gasteiger partial charge is 0.478 e. The van der Waals surface area contributed by atoms with Crippen molar-refractivity contribution in [3.05, 3.63) is 47.8 Å². The molecule has 0 bridgehead atoms. The molecular weight excluding hydrogens is 246 g/mol. The molecule has 0 aliphatic carbocycles. The van der Waals surface area contributed by atoms with Gasteiger partial charge in [-0.25, -0.2) is 4.79 Å². The number of carboxylic acid groups (broad SMARTS) is 1. The molecule has 0 fully saturated rings. The lowest BCUT2D eigenvalue weighted by atomic mass is 10.1. The van der Waals surface area contributed by atoms with E-state index in [4.69, 9.17) is 9.52 Å². The van der Waals surface area contributed by atoms with Gasteiger partial charge in [-0.1, -0.05) is 6.07 Å². The minimum atomic E-state index is -0.933. The van der Waals surface area contributed by atoms with Crippen molar-refractivity contribution in [2.45, 2.75) is 13.5 Å². The van der Waals surface area contributed by atoms with Crippen LogP contribution in [0.1, 0.15) is 22.1 Å². The highest BCUT2D eigenvalue weighted by Crippen LogP contribution is 2.21. The predicted octanol–water partition coefficient (Wildman–Crippen LogP) is 2.08. The minimum Gasteiger partial charge on any atom is -0.478 e.